The van der Waals surface area contributed by atoms with Crippen molar-refractivity contribution in [1.82, 2.24) is 0 Å². The van der Waals surface area contributed by atoms with Crippen molar-refractivity contribution in [3.63, 3.8) is 0 Å². The van der Waals surface area contributed by atoms with Gasteiger partial charge in [-0.25, -0.2) is 0 Å². The smallest absolute Gasteiger partial charge is 0.0465 e. The van der Waals surface area contributed by atoms with Crippen LogP contribution in [0.25, 0.3) is 22.3 Å². The Bertz CT molecular complexity index is 1550. The number of anilines is 3. The maximum Gasteiger partial charge on any atom is 0.0465 e. The van der Waals surface area contributed by atoms with Crippen LogP contribution in [0.3, 0.4) is 0 Å². The van der Waals surface area contributed by atoms with Crippen LogP contribution >= 0.6 is 12.6 Å². The van der Waals surface area contributed by atoms with Crippen molar-refractivity contribution < 1.29 is 0 Å². The first-order valence-corrected chi connectivity index (χ1v) is 14.1. The Labute approximate surface area is 232 Å². The van der Waals surface area contributed by atoms with Crippen molar-refractivity contribution in [1.29, 1.82) is 0 Å². The van der Waals surface area contributed by atoms with E-state index in [9.17, 15) is 0 Å². The first kappa shape index (κ1) is 24.6. The van der Waals surface area contributed by atoms with Crippen LogP contribution in [-0.2, 0) is 11.8 Å². The molecule has 1 aliphatic carbocycles. The predicted molar refractivity (Wildman–Crippen MR) is 166 cm³/mol. The molecular formula is C36H33NS. The third-order valence-corrected chi connectivity index (χ3v) is 8.19. The summed E-state index contributed by atoms with van der Waals surface area (Å²) < 4.78 is 0. The van der Waals surface area contributed by atoms with Gasteiger partial charge >= 0.3 is 0 Å². The van der Waals surface area contributed by atoms with E-state index in [2.05, 4.69) is 153 Å². The minimum atomic E-state index is -0.0402. The molecule has 5 aromatic carbocycles. The van der Waals surface area contributed by atoms with Crippen LogP contribution in [0.5, 0.6) is 0 Å². The SMILES string of the molecule is CC1(C)c2ccccc2-c2ccc(N(c3ccc(CCCS)cc3)c3ccc(-c4ccccc4)cc3)cc21. The fourth-order valence-electron chi connectivity index (χ4n) is 5.81. The van der Waals surface area contributed by atoms with Gasteiger partial charge in [0.05, 0.1) is 0 Å². The molecule has 0 fully saturated rings. The summed E-state index contributed by atoms with van der Waals surface area (Å²) in [6.07, 6.45) is 2.15. The number of rotatable bonds is 7. The second kappa shape index (κ2) is 10.2. The maximum atomic E-state index is 4.39. The van der Waals surface area contributed by atoms with Gasteiger partial charge < -0.3 is 4.90 Å². The predicted octanol–water partition coefficient (Wildman–Crippen LogP) is 9.99. The van der Waals surface area contributed by atoms with E-state index in [-0.39, 0.29) is 5.41 Å². The third kappa shape index (κ3) is 4.44. The number of aryl methyl sites for hydroxylation is 1. The van der Waals surface area contributed by atoms with Gasteiger partial charge in [-0.1, -0.05) is 98.8 Å². The standard InChI is InChI=1S/C36H33NS/c1-36(2)34-13-7-6-12-32(34)33-23-22-31(25-35(33)36)37(29-18-14-26(15-19-29)9-8-24-38)30-20-16-28(17-21-30)27-10-4-3-5-11-27/h3-7,10-23,25,38H,8-9,24H2,1-2H3. The Morgan fingerprint density at radius 2 is 1.16 bits per heavy atom. The van der Waals surface area contributed by atoms with Gasteiger partial charge in [-0.15, -0.1) is 0 Å². The zero-order valence-electron chi connectivity index (χ0n) is 22.1. The molecular weight excluding hydrogens is 478 g/mol. The molecule has 0 amide bonds. The number of hydrogen-bond donors (Lipinski definition) is 1. The fraction of sp³-hybridized carbons (Fsp3) is 0.167. The van der Waals surface area contributed by atoms with E-state index in [0.29, 0.717) is 0 Å². The van der Waals surface area contributed by atoms with Crippen molar-refractivity contribution in [2.24, 2.45) is 0 Å². The van der Waals surface area contributed by atoms with Gasteiger partial charge in [0, 0.05) is 22.5 Å². The number of hydrogen-bond acceptors (Lipinski definition) is 2. The second-order valence-electron chi connectivity index (χ2n) is 10.6. The maximum absolute atomic E-state index is 4.39. The summed E-state index contributed by atoms with van der Waals surface area (Å²) in [7, 11) is 0. The Morgan fingerprint density at radius 1 is 0.579 bits per heavy atom. The molecule has 6 rings (SSSR count). The summed E-state index contributed by atoms with van der Waals surface area (Å²) >= 11 is 4.39. The van der Waals surface area contributed by atoms with Crippen LogP contribution in [0.4, 0.5) is 17.1 Å². The summed E-state index contributed by atoms with van der Waals surface area (Å²) in [5.74, 6) is 0.912. The molecule has 1 nitrogen and oxygen atoms in total. The molecule has 0 spiro atoms. The molecule has 38 heavy (non-hydrogen) atoms. The van der Waals surface area contributed by atoms with Gasteiger partial charge in [0.25, 0.3) is 0 Å². The van der Waals surface area contributed by atoms with Gasteiger partial charge in [-0.2, -0.15) is 12.6 Å². The molecule has 188 valence electrons. The summed E-state index contributed by atoms with van der Waals surface area (Å²) in [6, 6.07) is 44.4. The first-order valence-electron chi connectivity index (χ1n) is 13.5. The number of nitrogens with zero attached hydrogens (tertiary/aromatic N) is 1. The average molecular weight is 512 g/mol. The van der Waals surface area contributed by atoms with Crippen molar-refractivity contribution in [2.75, 3.05) is 10.7 Å². The lowest BCUT2D eigenvalue weighted by atomic mass is 9.82. The average Bonchev–Trinajstić information content (AvgIpc) is 3.20. The monoisotopic (exact) mass is 511 g/mol. The molecule has 2 heteroatoms. The molecule has 0 saturated heterocycles. The zero-order valence-corrected chi connectivity index (χ0v) is 23.0. The summed E-state index contributed by atoms with van der Waals surface area (Å²) in [5, 5.41) is 0. The second-order valence-corrected chi connectivity index (χ2v) is 11.1. The minimum Gasteiger partial charge on any atom is -0.310 e. The van der Waals surface area contributed by atoms with Gasteiger partial charge in [-0.05, 0) is 93.9 Å². The van der Waals surface area contributed by atoms with Gasteiger partial charge in [0.1, 0.15) is 0 Å². The zero-order chi connectivity index (χ0) is 26.1. The number of fused-ring (bicyclic) bond motifs is 3. The highest BCUT2D eigenvalue weighted by atomic mass is 32.1. The molecule has 0 aliphatic heterocycles. The molecule has 0 N–H and O–H groups in total. The van der Waals surface area contributed by atoms with E-state index in [1.54, 1.807) is 0 Å². The quantitative estimate of drug-likeness (QED) is 0.213. The van der Waals surface area contributed by atoms with Crippen LogP contribution in [0.2, 0.25) is 0 Å². The third-order valence-electron chi connectivity index (χ3n) is 7.88. The topological polar surface area (TPSA) is 3.24 Å². The Hall–Kier alpha value is -3.75. The van der Waals surface area contributed by atoms with E-state index in [4.69, 9.17) is 0 Å². The van der Waals surface area contributed by atoms with E-state index in [1.807, 2.05) is 0 Å². The van der Waals surface area contributed by atoms with Gasteiger partial charge in [0.15, 0.2) is 0 Å². The normalized spacial score (nSPS) is 13.1. The molecule has 0 saturated carbocycles. The van der Waals surface area contributed by atoms with Crippen molar-refractivity contribution in [3.8, 4) is 22.3 Å². The Balaban J connectivity index is 1.44. The molecule has 1 aliphatic rings. The van der Waals surface area contributed by atoms with Crippen LogP contribution in [0, 0.1) is 0 Å². The molecule has 0 aromatic heterocycles. The molecule has 0 unspecified atom stereocenters. The largest absolute Gasteiger partial charge is 0.310 e. The van der Waals surface area contributed by atoms with Crippen LogP contribution in [0.15, 0.2) is 121 Å². The number of benzene rings is 5. The van der Waals surface area contributed by atoms with E-state index >= 15 is 0 Å². The highest BCUT2D eigenvalue weighted by Gasteiger charge is 2.35. The van der Waals surface area contributed by atoms with E-state index in [1.165, 1.54) is 50.3 Å². The van der Waals surface area contributed by atoms with Crippen LogP contribution in [-0.4, -0.2) is 5.75 Å². The Kier molecular flexibility index (Phi) is 6.59. The minimum absolute atomic E-state index is 0.0402. The van der Waals surface area contributed by atoms with Gasteiger partial charge in [0.2, 0.25) is 0 Å². The summed E-state index contributed by atoms with van der Waals surface area (Å²) in [6.45, 7) is 4.69. The fourth-order valence-corrected chi connectivity index (χ4v) is 5.97. The van der Waals surface area contributed by atoms with Crippen molar-refractivity contribution >= 4 is 29.7 Å². The summed E-state index contributed by atoms with van der Waals surface area (Å²) in [4.78, 5) is 2.39. The lowest BCUT2D eigenvalue weighted by Crippen LogP contribution is -2.16. The first-order chi connectivity index (χ1) is 18.6. The van der Waals surface area contributed by atoms with E-state index in [0.717, 1.165) is 24.3 Å². The molecule has 5 aromatic rings. The molecule has 0 bridgehead atoms. The molecule has 0 atom stereocenters. The lowest BCUT2D eigenvalue weighted by molar-refractivity contribution is 0.660. The van der Waals surface area contributed by atoms with Crippen molar-refractivity contribution in [2.45, 2.75) is 32.1 Å². The highest BCUT2D eigenvalue weighted by Crippen LogP contribution is 2.50. The highest BCUT2D eigenvalue weighted by molar-refractivity contribution is 7.80. The van der Waals surface area contributed by atoms with Gasteiger partial charge in [-0.3, -0.25) is 0 Å². The molecule has 0 heterocycles. The number of thiol groups is 1. The van der Waals surface area contributed by atoms with E-state index < -0.39 is 0 Å². The lowest BCUT2D eigenvalue weighted by Gasteiger charge is -2.28. The summed E-state index contributed by atoms with van der Waals surface area (Å²) in [5.41, 5.74) is 12.8. The molecule has 0 radical (unpaired) electrons. The van der Waals surface area contributed by atoms with Crippen LogP contribution in [0.1, 0.15) is 37.0 Å². The Morgan fingerprint density at radius 3 is 1.87 bits per heavy atom. The van der Waals surface area contributed by atoms with Crippen molar-refractivity contribution in [3.05, 3.63) is 138 Å². The van der Waals surface area contributed by atoms with Crippen LogP contribution < -0.4 is 4.90 Å².